The number of nitro groups is 1. The SMILES string of the molecule is Cc1ccc(CN2CCN(C(=O)CC34CC5CC(C3)CC(n3nc([N+](=O)[O-])c(Cl)c3C)(C5)C4)CC2)cc1. The Morgan fingerprint density at radius 3 is 2.32 bits per heavy atom. The Morgan fingerprint density at radius 1 is 1.08 bits per heavy atom. The summed E-state index contributed by atoms with van der Waals surface area (Å²) in [5.74, 6) is 1.11. The molecule has 9 heteroatoms. The van der Waals surface area contributed by atoms with E-state index in [1.165, 1.54) is 17.5 Å². The molecule has 2 heterocycles. The molecule has 0 radical (unpaired) electrons. The molecule has 1 aromatic carbocycles. The summed E-state index contributed by atoms with van der Waals surface area (Å²) >= 11 is 6.35. The van der Waals surface area contributed by atoms with Crippen molar-refractivity contribution >= 4 is 23.3 Å². The molecule has 0 N–H and O–H groups in total. The van der Waals surface area contributed by atoms with Crippen molar-refractivity contribution in [3.05, 3.63) is 56.2 Å². The number of aromatic nitrogens is 2. The predicted octanol–water partition coefficient (Wildman–Crippen LogP) is 5.09. The molecule has 2 aromatic rings. The monoisotopic (exact) mass is 525 g/mol. The molecule has 37 heavy (non-hydrogen) atoms. The summed E-state index contributed by atoms with van der Waals surface area (Å²) in [6.45, 7) is 8.23. The minimum Gasteiger partial charge on any atom is -0.358 e. The first-order chi connectivity index (χ1) is 17.7. The first-order valence-electron chi connectivity index (χ1n) is 13.6. The summed E-state index contributed by atoms with van der Waals surface area (Å²) in [7, 11) is 0. The van der Waals surface area contributed by atoms with Gasteiger partial charge in [0, 0.05) is 39.1 Å². The molecule has 1 amide bonds. The molecule has 1 saturated heterocycles. The summed E-state index contributed by atoms with van der Waals surface area (Å²) in [5.41, 5.74) is 2.97. The van der Waals surface area contributed by atoms with Gasteiger partial charge in [-0.3, -0.25) is 9.69 Å². The predicted molar refractivity (Wildman–Crippen MR) is 141 cm³/mol. The molecular weight excluding hydrogens is 490 g/mol. The van der Waals surface area contributed by atoms with Crippen LogP contribution in [0.15, 0.2) is 24.3 Å². The topological polar surface area (TPSA) is 84.5 Å². The highest BCUT2D eigenvalue weighted by atomic mass is 35.5. The number of hydrogen-bond acceptors (Lipinski definition) is 5. The second-order valence-electron chi connectivity index (χ2n) is 12.4. The van der Waals surface area contributed by atoms with Gasteiger partial charge in [0.2, 0.25) is 5.91 Å². The number of rotatable bonds is 6. The summed E-state index contributed by atoms with van der Waals surface area (Å²) in [6.07, 6.45) is 6.77. The molecule has 4 bridgehead atoms. The van der Waals surface area contributed by atoms with Gasteiger partial charge in [-0.2, -0.15) is 4.68 Å². The lowest BCUT2D eigenvalue weighted by molar-refractivity contribution is -0.389. The van der Waals surface area contributed by atoms with Gasteiger partial charge in [0.1, 0.15) is 0 Å². The second-order valence-corrected chi connectivity index (χ2v) is 12.8. The van der Waals surface area contributed by atoms with Crippen molar-refractivity contribution < 1.29 is 9.72 Å². The highest BCUT2D eigenvalue weighted by Gasteiger charge is 2.61. The molecule has 198 valence electrons. The lowest BCUT2D eigenvalue weighted by atomic mass is 9.46. The van der Waals surface area contributed by atoms with E-state index in [2.05, 4.69) is 46.1 Å². The van der Waals surface area contributed by atoms with Crippen LogP contribution in [0.1, 0.15) is 61.8 Å². The molecular formula is C28H36ClN5O3. The molecule has 5 fully saturated rings. The van der Waals surface area contributed by atoms with E-state index in [0.29, 0.717) is 24.0 Å². The zero-order valence-corrected chi connectivity index (χ0v) is 22.5. The number of halogens is 1. The number of carbonyl (C=O) groups is 1. The van der Waals surface area contributed by atoms with Crippen LogP contribution in [0, 0.1) is 41.2 Å². The van der Waals surface area contributed by atoms with E-state index in [1.54, 1.807) is 0 Å². The average Bonchev–Trinajstić information content (AvgIpc) is 3.15. The normalized spacial score (nSPS) is 31.2. The molecule has 7 rings (SSSR count). The van der Waals surface area contributed by atoms with Gasteiger partial charge >= 0.3 is 5.82 Å². The quantitative estimate of drug-likeness (QED) is 0.387. The number of hydrogen-bond donors (Lipinski definition) is 0. The zero-order valence-electron chi connectivity index (χ0n) is 21.8. The lowest BCUT2D eigenvalue weighted by Gasteiger charge is -2.61. The van der Waals surface area contributed by atoms with Crippen LogP contribution in [-0.4, -0.2) is 56.6 Å². The van der Waals surface area contributed by atoms with Crippen molar-refractivity contribution in [2.24, 2.45) is 17.3 Å². The Hall–Kier alpha value is -2.45. The third-order valence-electron chi connectivity index (χ3n) is 9.58. The number of carbonyl (C=O) groups excluding carboxylic acids is 1. The maximum Gasteiger partial charge on any atom is 0.408 e. The van der Waals surface area contributed by atoms with Crippen LogP contribution in [0.3, 0.4) is 0 Å². The van der Waals surface area contributed by atoms with Crippen molar-refractivity contribution in [2.75, 3.05) is 26.2 Å². The van der Waals surface area contributed by atoms with Crippen LogP contribution in [0.25, 0.3) is 0 Å². The Labute approximate surface area is 223 Å². The molecule has 1 aliphatic heterocycles. The van der Waals surface area contributed by atoms with E-state index in [4.69, 9.17) is 11.6 Å². The first kappa shape index (κ1) is 24.9. The largest absolute Gasteiger partial charge is 0.408 e. The van der Waals surface area contributed by atoms with Crippen LogP contribution in [0.5, 0.6) is 0 Å². The number of piperazine rings is 1. The lowest BCUT2D eigenvalue weighted by Crippen LogP contribution is -2.58. The molecule has 4 aliphatic carbocycles. The zero-order chi connectivity index (χ0) is 25.9. The fraction of sp³-hybridized carbons (Fsp3) is 0.643. The minimum absolute atomic E-state index is 0.0418. The highest BCUT2D eigenvalue weighted by Crippen LogP contribution is 2.65. The molecule has 8 nitrogen and oxygen atoms in total. The van der Waals surface area contributed by atoms with Gasteiger partial charge in [0.25, 0.3) is 0 Å². The fourth-order valence-electron chi connectivity index (χ4n) is 8.44. The number of benzene rings is 1. The van der Waals surface area contributed by atoms with E-state index in [0.717, 1.165) is 64.8 Å². The van der Waals surface area contributed by atoms with E-state index < -0.39 is 4.92 Å². The molecule has 5 aliphatic rings. The maximum atomic E-state index is 13.6. The molecule has 2 unspecified atom stereocenters. The highest BCUT2D eigenvalue weighted by molar-refractivity contribution is 6.33. The van der Waals surface area contributed by atoms with E-state index in [1.807, 2.05) is 11.6 Å². The molecule has 4 saturated carbocycles. The van der Waals surface area contributed by atoms with Gasteiger partial charge in [-0.05, 0) is 80.1 Å². The van der Waals surface area contributed by atoms with Gasteiger partial charge in [-0.15, -0.1) is 0 Å². The second kappa shape index (κ2) is 9.09. The molecule has 2 atom stereocenters. The van der Waals surface area contributed by atoms with Crippen molar-refractivity contribution in [3.8, 4) is 0 Å². The minimum atomic E-state index is -0.482. The Bertz CT molecular complexity index is 1200. The number of aryl methyl sites for hydroxylation is 1. The van der Waals surface area contributed by atoms with Crippen LogP contribution >= 0.6 is 11.6 Å². The van der Waals surface area contributed by atoms with Crippen molar-refractivity contribution in [1.29, 1.82) is 0 Å². The average molecular weight is 526 g/mol. The Balaban J connectivity index is 1.15. The van der Waals surface area contributed by atoms with Crippen molar-refractivity contribution in [1.82, 2.24) is 19.6 Å². The van der Waals surface area contributed by atoms with Gasteiger partial charge in [0.15, 0.2) is 5.02 Å². The first-order valence-corrected chi connectivity index (χ1v) is 14.0. The van der Waals surface area contributed by atoms with E-state index in [-0.39, 0.29) is 27.7 Å². The van der Waals surface area contributed by atoms with Gasteiger partial charge in [-0.25, -0.2) is 0 Å². The fourth-order valence-corrected chi connectivity index (χ4v) is 8.63. The smallest absolute Gasteiger partial charge is 0.358 e. The molecule has 0 spiro atoms. The van der Waals surface area contributed by atoms with Crippen molar-refractivity contribution in [2.45, 2.75) is 70.9 Å². The third-order valence-corrected chi connectivity index (χ3v) is 10.0. The molecule has 1 aromatic heterocycles. The van der Waals surface area contributed by atoms with Gasteiger partial charge < -0.3 is 15.0 Å². The summed E-state index contributed by atoms with van der Waals surface area (Å²) in [6, 6.07) is 8.70. The number of nitrogens with zero attached hydrogens (tertiary/aromatic N) is 5. The Kier molecular flexibility index (Phi) is 6.10. The van der Waals surface area contributed by atoms with Crippen molar-refractivity contribution in [3.63, 3.8) is 0 Å². The van der Waals surface area contributed by atoms with Crippen LogP contribution in [-0.2, 0) is 16.9 Å². The van der Waals surface area contributed by atoms with Crippen LogP contribution in [0.4, 0.5) is 5.82 Å². The van der Waals surface area contributed by atoms with Crippen LogP contribution in [0.2, 0.25) is 5.02 Å². The number of amides is 1. The summed E-state index contributed by atoms with van der Waals surface area (Å²) < 4.78 is 1.88. The van der Waals surface area contributed by atoms with Crippen LogP contribution < -0.4 is 0 Å². The third kappa shape index (κ3) is 4.46. The van der Waals surface area contributed by atoms with E-state index in [9.17, 15) is 14.9 Å². The van der Waals surface area contributed by atoms with E-state index >= 15 is 0 Å². The maximum absolute atomic E-state index is 13.6. The summed E-state index contributed by atoms with van der Waals surface area (Å²) in [5, 5.41) is 16.1. The van der Waals surface area contributed by atoms with Gasteiger partial charge in [-0.1, -0.05) is 41.4 Å². The standard InChI is InChI=1S/C28H36ClN5O3/c1-19-3-5-21(6-4-19)17-31-7-9-32(10-8-31)24(35)16-27-12-22-11-23(13-27)15-28(14-22,18-27)33-20(2)25(29)26(30-33)34(36)37/h3-6,22-23H,7-18H2,1-2H3. The summed E-state index contributed by atoms with van der Waals surface area (Å²) in [4.78, 5) is 29.2. The van der Waals surface area contributed by atoms with Gasteiger partial charge in [0.05, 0.1) is 16.3 Å². The Morgan fingerprint density at radius 2 is 1.73 bits per heavy atom.